The topological polar surface area (TPSA) is 49.4 Å². The molecule has 7 heteroatoms. The molecule has 0 unspecified atom stereocenters. The summed E-state index contributed by atoms with van der Waals surface area (Å²) in [6.07, 6.45) is 1.70. The van der Waals surface area contributed by atoms with Crippen molar-refractivity contribution in [2.45, 2.75) is 37.2 Å². The number of nitrogens with one attached hydrogen (secondary N) is 1. The van der Waals surface area contributed by atoms with Gasteiger partial charge in [-0.2, -0.15) is 0 Å². The van der Waals surface area contributed by atoms with E-state index in [9.17, 15) is 14.0 Å². The van der Waals surface area contributed by atoms with Gasteiger partial charge in [0.25, 0.3) is 5.91 Å². The monoisotopic (exact) mass is 482 g/mol. The van der Waals surface area contributed by atoms with Crippen LogP contribution in [0.1, 0.15) is 34.8 Å². The first-order chi connectivity index (χ1) is 15.9. The highest BCUT2D eigenvalue weighted by molar-refractivity contribution is 8.00. The second-order valence-corrected chi connectivity index (χ2v) is 9.51. The summed E-state index contributed by atoms with van der Waals surface area (Å²) < 4.78 is 13.4. The van der Waals surface area contributed by atoms with Crippen LogP contribution in [0, 0.1) is 5.82 Å². The lowest BCUT2D eigenvalue weighted by molar-refractivity contribution is -0.116. The van der Waals surface area contributed by atoms with Crippen LogP contribution in [0.3, 0.4) is 0 Å². The molecule has 33 heavy (non-hydrogen) atoms. The molecule has 1 aliphatic heterocycles. The number of rotatable bonds is 7. The zero-order valence-electron chi connectivity index (χ0n) is 18.2. The lowest BCUT2D eigenvalue weighted by Gasteiger charge is -2.30. The van der Waals surface area contributed by atoms with Gasteiger partial charge in [0.05, 0.1) is 18.0 Å². The lowest BCUT2D eigenvalue weighted by Crippen LogP contribution is -2.36. The SMILES string of the molecule is C[C@H](CCc1ccccc1)NC(=O)c1ccc2c(c1)N(Cc1ccc(F)cc1Cl)C(=O)CS2. The molecule has 1 aliphatic rings. The van der Waals surface area contributed by atoms with Gasteiger partial charge >= 0.3 is 0 Å². The van der Waals surface area contributed by atoms with Gasteiger partial charge < -0.3 is 10.2 Å². The molecule has 0 bridgehead atoms. The highest BCUT2D eigenvalue weighted by Gasteiger charge is 2.27. The van der Waals surface area contributed by atoms with E-state index in [-0.39, 0.29) is 29.4 Å². The molecular weight excluding hydrogens is 459 g/mol. The van der Waals surface area contributed by atoms with E-state index in [1.807, 2.05) is 31.2 Å². The van der Waals surface area contributed by atoms with Crippen LogP contribution >= 0.6 is 23.4 Å². The van der Waals surface area contributed by atoms with Crippen LogP contribution in [0.5, 0.6) is 0 Å². The Morgan fingerprint density at radius 3 is 2.70 bits per heavy atom. The third-order valence-corrected chi connectivity index (χ3v) is 6.99. The summed E-state index contributed by atoms with van der Waals surface area (Å²) in [5, 5.41) is 3.32. The Kier molecular flexibility index (Phi) is 7.36. The van der Waals surface area contributed by atoms with E-state index in [4.69, 9.17) is 11.6 Å². The maximum Gasteiger partial charge on any atom is 0.251 e. The summed E-state index contributed by atoms with van der Waals surface area (Å²) in [6.45, 7) is 2.20. The van der Waals surface area contributed by atoms with Gasteiger partial charge in [0.2, 0.25) is 5.91 Å². The van der Waals surface area contributed by atoms with Crippen LogP contribution in [0.15, 0.2) is 71.6 Å². The smallest absolute Gasteiger partial charge is 0.251 e. The highest BCUT2D eigenvalue weighted by atomic mass is 35.5. The van der Waals surface area contributed by atoms with E-state index in [1.54, 1.807) is 23.1 Å². The first kappa shape index (κ1) is 23.3. The molecular formula is C26H24ClFN2O2S. The number of halogens is 2. The normalized spacial score (nSPS) is 14.0. The molecule has 3 aromatic carbocycles. The van der Waals surface area contributed by atoms with Gasteiger partial charge in [0.1, 0.15) is 5.82 Å². The Bertz CT molecular complexity index is 1170. The summed E-state index contributed by atoms with van der Waals surface area (Å²) in [7, 11) is 0. The summed E-state index contributed by atoms with van der Waals surface area (Å²) >= 11 is 7.63. The minimum absolute atomic E-state index is 0.00105. The Balaban J connectivity index is 1.48. The molecule has 0 aliphatic carbocycles. The van der Waals surface area contributed by atoms with E-state index in [1.165, 1.54) is 29.5 Å². The molecule has 0 saturated carbocycles. The molecule has 4 rings (SSSR count). The van der Waals surface area contributed by atoms with Gasteiger partial charge in [-0.1, -0.05) is 48.0 Å². The molecule has 0 radical (unpaired) electrons. The second kappa shape index (κ2) is 10.4. The van der Waals surface area contributed by atoms with Crippen molar-refractivity contribution in [2.24, 2.45) is 0 Å². The summed E-state index contributed by atoms with van der Waals surface area (Å²) in [5.41, 5.74) is 3.04. The van der Waals surface area contributed by atoms with Crippen molar-refractivity contribution in [2.75, 3.05) is 10.7 Å². The number of aryl methyl sites for hydroxylation is 1. The van der Waals surface area contributed by atoms with E-state index in [0.29, 0.717) is 22.6 Å². The number of hydrogen-bond acceptors (Lipinski definition) is 3. The van der Waals surface area contributed by atoms with Crippen LogP contribution in [-0.4, -0.2) is 23.6 Å². The Labute approximate surface area is 202 Å². The quantitative estimate of drug-likeness (QED) is 0.458. The minimum atomic E-state index is -0.426. The van der Waals surface area contributed by atoms with Crippen molar-refractivity contribution in [3.63, 3.8) is 0 Å². The van der Waals surface area contributed by atoms with Crippen molar-refractivity contribution in [1.29, 1.82) is 0 Å². The fraction of sp³-hybridized carbons (Fsp3) is 0.231. The molecule has 0 spiro atoms. The fourth-order valence-electron chi connectivity index (χ4n) is 3.74. The van der Waals surface area contributed by atoms with Gasteiger partial charge in [-0.25, -0.2) is 4.39 Å². The molecule has 0 saturated heterocycles. The van der Waals surface area contributed by atoms with Gasteiger partial charge in [0.15, 0.2) is 0 Å². The molecule has 1 atom stereocenters. The van der Waals surface area contributed by atoms with Crippen LogP contribution in [0.2, 0.25) is 5.02 Å². The second-order valence-electron chi connectivity index (χ2n) is 8.09. The standard InChI is InChI=1S/C26H24ClFN2O2S/c1-17(7-8-18-5-3-2-4-6-18)29-26(32)19-10-12-24-23(13-19)30(25(31)16-33-24)15-20-9-11-21(28)14-22(20)27/h2-6,9-14,17H,7-8,15-16H2,1H3,(H,29,32)/t17-/m1/s1. The number of amides is 2. The van der Waals surface area contributed by atoms with Crippen molar-refractivity contribution in [3.05, 3.63) is 94.3 Å². The summed E-state index contributed by atoms with van der Waals surface area (Å²) in [4.78, 5) is 28.1. The Morgan fingerprint density at radius 2 is 1.94 bits per heavy atom. The van der Waals surface area contributed by atoms with Crippen LogP contribution in [-0.2, 0) is 17.8 Å². The largest absolute Gasteiger partial charge is 0.350 e. The first-order valence-electron chi connectivity index (χ1n) is 10.8. The van der Waals surface area contributed by atoms with Gasteiger partial charge in [-0.3, -0.25) is 9.59 Å². The van der Waals surface area contributed by atoms with Crippen LogP contribution in [0.4, 0.5) is 10.1 Å². The molecule has 0 aromatic heterocycles. The number of hydrogen-bond donors (Lipinski definition) is 1. The van der Waals surface area contributed by atoms with E-state index >= 15 is 0 Å². The molecule has 0 fully saturated rings. The number of anilines is 1. The van der Waals surface area contributed by atoms with Crippen molar-refractivity contribution >= 4 is 40.9 Å². The molecule has 1 N–H and O–H groups in total. The maximum atomic E-state index is 13.4. The summed E-state index contributed by atoms with van der Waals surface area (Å²) in [6, 6.07) is 19.7. The average Bonchev–Trinajstić information content (AvgIpc) is 2.81. The van der Waals surface area contributed by atoms with Crippen molar-refractivity contribution in [3.8, 4) is 0 Å². The third-order valence-electron chi connectivity index (χ3n) is 5.59. The molecule has 170 valence electrons. The predicted octanol–water partition coefficient (Wildman–Crippen LogP) is 5.87. The highest BCUT2D eigenvalue weighted by Crippen LogP contribution is 2.37. The number of benzene rings is 3. The Morgan fingerprint density at radius 1 is 1.15 bits per heavy atom. The number of carbonyl (C=O) groups excluding carboxylic acids is 2. The first-order valence-corrected chi connectivity index (χ1v) is 12.1. The minimum Gasteiger partial charge on any atom is -0.350 e. The zero-order chi connectivity index (χ0) is 23.4. The molecule has 2 amide bonds. The predicted molar refractivity (Wildman–Crippen MR) is 131 cm³/mol. The van der Waals surface area contributed by atoms with E-state index < -0.39 is 5.82 Å². The molecule has 3 aromatic rings. The van der Waals surface area contributed by atoms with Crippen molar-refractivity contribution in [1.82, 2.24) is 5.32 Å². The number of thioether (sulfide) groups is 1. The van der Waals surface area contributed by atoms with Crippen LogP contribution < -0.4 is 10.2 Å². The van der Waals surface area contributed by atoms with Crippen molar-refractivity contribution < 1.29 is 14.0 Å². The summed E-state index contributed by atoms with van der Waals surface area (Å²) in [5.74, 6) is -0.388. The maximum absolute atomic E-state index is 13.4. The van der Waals surface area contributed by atoms with E-state index in [2.05, 4.69) is 17.4 Å². The third kappa shape index (κ3) is 5.75. The Hall–Kier alpha value is -2.83. The van der Waals surface area contributed by atoms with Crippen LogP contribution in [0.25, 0.3) is 0 Å². The zero-order valence-corrected chi connectivity index (χ0v) is 19.8. The molecule has 4 nitrogen and oxygen atoms in total. The number of fused-ring (bicyclic) bond motifs is 1. The molecule has 1 heterocycles. The van der Waals surface area contributed by atoms with E-state index in [0.717, 1.165) is 17.7 Å². The fourth-order valence-corrected chi connectivity index (χ4v) is 4.89. The lowest BCUT2D eigenvalue weighted by atomic mass is 10.1. The van der Waals surface area contributed by atoms with Gasteiger partial charge in [-0.05, 0) is 61.2 Å². The average molecular weight is 483 g/mol. The van der Waals surface area contributed by atoms with Gasteiger partial charge in [-0.15, -0.1) is 11.8 Å². The number of carbonyl (C=O) groups is 2. The number of nitrogens with zero attached hydrogens (tertiary/aromatic N) is 1. The van der Waals surface area contributed by atoms with Gasteiger partial charge in [0, 0.05) is 21.5 Å².